The largest absolute Gasteiger partial charge is 0.456 e. The van der Waals surface area contributed by atoms with Gasteiger partial charge in [-0.2, -0.15) is 0 Å². The molecule has 2 rings (SSSR count). The standard InChI is InChI=1S/C12H18O3/c1-9(2)10(13)15-12-6-4-11(8-12,14-3)5-7-12/h1,4-8H2,2-3H3. The molecular weight excluding hydrogens is 192 g/mol. The number of methoxy groups -OCH3 is 1. The van der Waals surface area contributed by atoms with Gasteiger partial charge in [0.15, 0.2) is 0 Å². The van der Waals surface area contributed by atoms with Gasteiger partial charge in [0.1, 0.15) is 5.60 Å². The van der Waals surface area contributed by atoms with Crippen molar-refractivity contribution in [1.82, 2.24) is 0 Å². The van der Waals surface area contributed by atoms with Crippen LogP contribution in [0.15, 0.2) is 12.2 Å². The summed E-state index contributed by atoms with van der Waals surface area (Å²) in [5.74, 6) is -0.260. The molecule has 2 fully saturated rings. The Morgan fingerprint density at radius 1 is 1.20 bits per heavy atom. The fourth-order valence-corrected chi connectivity index (χ4v) is 2.80. The normalized spacial score (nSPS) is 38.0. The molecule has 2 bridgehead atoms. The van der Waals surface area contributed by atoms with E-state index in [-0.39, 0.29) is 17.2 Å². The van der Waals surface area contributed by atoms with E-state index in [2.05, 4.69) is 6.58 Å². The maximum atomic E-state index is 11.5. The van der Waals surface area contributed by atoms with Crippen LogP contribution in [0.1, 0.15) is 39.0 Å². The number of fused-ring (bicyclic) bond motifs is 2. The minimum Gasteiger partial charge on any atom is -0.456 e. The lowest BCUT2D eigenvalue weighted by Gasteiger charge is -2.26. The molecule has 0 atom stereocenters. The first-order chi connectivity index (χ1) is 7.01. The first-order valence-electron chi connectivity index (χ1n) is 5.45. The monoisotopic (exact) mass is 210 g/mol. The molecule has 0 N–H and O–H groups in total. The van der Waals surface area contributed by atoms with Crippen LogP contribution in [0.25, 0.3) is 0 Å². The van der Waals surface area contributed by atoms with Gasteiger partial charge in [-0.15, -0.1) is 0 Å². The highest BCUT2D eigenvalue weighted by atomic mass is 16.6. The Hall–Kier alpha value is -0.830. The number of carbonyl (C=O) groups is 1. The third-order valence-corrected chi connectivity index (χ3v) is 3.81. The van der Waals surface area contributed by atoms with Crippen molar-refractivity contribution in [3.05, 3.63) is 12.2 Å². The van der Waals surface area contributed by atoms with Gasteiger partial charge in [-0.1, -0.05) is 6.58 Å². The van der Waals surface area contributed by atoms with Gasteiger partial charge in [0.05, 0.1) is 5.60 Å². The summed E-state index contributed by atoms with van der Waals surface area (Å²) in [5.41, 5.74) is 0.202. The fourth-order valence-electron chi connectivity index (χ4n) is 2.80. The van der Waals surface area contributed by atoms with Crippen molar-refractivity contribution in [3.8, 4) is 0 Å². The van der Waals surface area contributed by atoms with Gasteiger partial charge in [0.25, 0.3) is 0 Å². The molecular formula is C12H18O3. The molecule has 0 aromatic heterocycles. The molecule has 0 aromatic carbocycles. The molecule has 0 saturated heterocycles. The molecule has 0 unspecified atom stereocenters. The van der Waals surface area contributed by atoms with Crippen LogP contribution in [0.4, 0.5) is 0 Å². The smallest absolute Gasteiger partial charge is 0.333 e. The van der Waals surface area contributed by atoms with Gasteiger partial charge < -0.3 is 9.47 Å². The van der Waals surface area contributed by atoms with Crippen molar-refractivity contribution in [1.29, 1.82) is 0 Å². The van der Waals surface area contributed by atoms with Crippen molar-refractivity contribution in [2.75, 3.05) is 7.11 Å². The molecule has 3 heteroatoms. The number of rotatable bonds is 3. The zero-order valence-corrected chi connectivity index (χ0v) is 9.47. The van der Waals surface area contributed by atoms with E-state index in [0.29, 0.717) is 5.57 Å². The summed E-state index contributed by atoms with van der Waals surface area (Å²) in [4.78, 5) is 11.5. The van der Waals surface area contributed by atoms with Crippen LogP contribution < -0.4 is 0 Å². The zero-order chi connectivity index (χ0) is 11.1. The summed E-state index contributed by atoms with van der Waals surface area (Å²) in [6, 6.07) is 0. The Labute approximate surface area is 90.4 Å². The molecule has 0 aliphatic heterocycles. The lowest BCUT2D eigenvalue weighted by atomic mass is 9.95. The highest BCUT2D eigenvalue weighted by Gasteiger charge is 2.57. The Morgan fingerprint density at radius 3 is 2.13 bits per heavy atom. The Bertz CT molecular complexity index is 298. The Balaban J connectivity index is 2.06. The van der Waals surface area contributed by atoms with Crippen molar-refractivity contribution < 1.29 is 14.3 Å². The van der Waals surface area contributed by atoms with E-state index in [0.717, 1.165) is 32.1 Å². The van der Waals surface area contributed by atoms with Crippen LogP contribution in [0.2, 0.25) is 0 Å². The van der Waals surface area contributed by atoms with E-state index in [4.69, 9.17) is 9.47 Å². The lowest BCUT2D eigenvalue weighted by Crippen LogP contribution is -2.30. The number of carbonyl (C=O) groups excluding carboxylic acids is 1. The Morgan fingerprint density at radius 2 is 1.73 bits per heavy atom. The van der Waals surface area contributed by atoms with E-state index in [1.807, 2.05) is 0 Å². The third-order valence-electron chi connectivity index (χ3n) is 3.81. The van der Waals surface area contributed by atoms with Crippen molar-refractivity contribution in [2.45, 2.75) is 50.2 Å². The molecule has 0 amide bonds. The van der Waals surface area contributed by atoms with Crippen LogP contribution in [-0.4, -0.2) is 24.3 Å². The molecule has 0 heterocycles. The second-order valence-electron chi connectivity index (χ2n) is 4.92. The molecule has 2 aliphatic carbocycles. The molecule has 3 nitrogen and oxygen atoms in total. The highest BCUT2D eigenvalue weighted by Crippen LogP contribution is 2.54. The second kappa shape index (κ2) is 3.34. The minimum absolute atomic E-state index is 0.0185. The lowest BCUT2D eigenvalue weighted by molar-refractivity contribution is -0.153. The van der Waals surface area contributed by atoms with Crippen molar-refractivity contribution >= 4 is 5.97 Å². The highest BCUT2D eigenvalue weighted by molar-refractivity contribution is 5.87. The van der Waals surface area contributed by atoms with Gasteiger partial charge in [0.2, 0.25) is 0 Å². The van der Waals surface area contributed by atoms with Crippen molar-refractivity contribution in [3.63, 3.8) is 0 Å². The molecule has 84 valence electrons. The summed E-state index contributed by atoms with van der Waals surface area (Å²) in [6.07, 6.45) is 4.73. The van der Waals surface area contributed by atoms with E-state index in [1.165, 1.54) is 0 Å². The molecule has 0 spiro atoms. The fraction of sp³-hybridized carbons (Fsp3) is 0.750. The van der Waals surface area contributed by atoms with Crippen molar-refractivity contribution in [2.24, 2.45) is 0 Å². The molecule has 0 aromatic rings. The number of hydrogen-bond donors (Lipinski definition) is 0. The summed E-state index contributed by atoms with van der Waals surface area (Å²) in [6.45, 7) is 5.29. The number of ether oxygens (including phenoxy) is 2. The van der Waals surface area contributed by atoms with Crippen LogP contribution in [0.3, 0.4) is 0 Å². The first kappa shape index (κ1) is 10.7. The van der Waals surface area contributed by atoms with E-state index >= 15 is 0 Å². The molecule has 2 saturated carbocycles. The average molecular weight is 210 g/mol. The van der Waals surface area contributed by atoms with Crippen LogP contribution in [-0.2, 0) is 14.3 Å². The maximum absolute atomic E-state index is 11.5. The zero-order valence-electron chi connectivity index (χ0n) is 9.47. The number of esters is 1. The SMILES string of the molecule is C=C(C)C(=O)OC12CCC(OC)(CC1)C2. The van der Waals surface area contributed by atoms with Gasteiger partial charge in [-0.05, 0) is 32.6 Å². The van der Waals surface area contributed by atoms with Gasteiger partial charge in [0, 0.05) is 19.1 Å². The first-order valence-corrected chi connectivity index (χ1v) is 5.45. The molecule has 2 aliphatic rings. The summed E-state index contributed by atoms with van der Waals surface area (Å²) in [7, 11) is 1.75. The van der Waals surface area contributed by atoms with Gasteiger partial charge in [-0.3, -0.25) is 0 Å². The molecule has 15 heavy (non-hydrogen) atoms. The summed E-state index contributed by atoms with van der Waals surface area (Å²) >= 11 is 0. The van der Waals surface area contributed by atoms with E-state index < -0.39 is 0 Å². The Kier molecular flexibility index (Phi) is 2.38. The maximum Gasteiger partial charge on any atom is 0.333 e. The average Bonchev–Trinajstić information content (AvgIpc) is 2.73. The van der Waals surface area contributed by atoms with Gasteiger partial charge >= 0.3 is 5.97 Å². The third kappa shape index (κ3) is 1.69. The number of hydrogen-bond acceptors (Lipinski definition) is 3. The van der Waals surface area contributed by atoms with E-state index in [1.54, 1.807) is 14.0 Å². The predicted octanol–water partition coefficient (Wildman–Crippen LogP) is 2.21. The van der Waals surface area contributed by atoms with Gasteiger partial charge in [-0.25, -0.2) is 4.79 Å². The van der Waals surface area contributed by atoms with Crippen LogP contribution in [0.5, 0.6) is 0 Å². The van der Waals surface area contributed by atoms with Crippen LogP contribution in [0, 0.1) is 0 Å². The van der Waals surface area contributed by atoms with E-state index in [9.17, 15) is 4.79 Å². The molecule has 0 radical (unpaired) electrons. The quantitative estimate of drug-likeness (QED) is 0.529. The minimum atomic E-state index is -0.260. The summed E-state index contributed by atoms with van der Waals surface area (Å²) in [5, 5.41) is 0. The topological polar surface area (TPSA) is 35.5 Å². The van der Waals surface area contributed by atoms with Crippen LogP contribution >= 0.6 is 0 Å². The predicted molar refractivity (Wildman–Crippen MR) is 56.5 cm³/mol. The summed E-state index contributed by atoms with van der Waals surface area (Å²) < 4.78 is 11.1. The second-order valence-corrected chi connectivity index (χ2v) is 4.92.